The third-order valence-corrected chi connectivity index (χ3v) is 3.90. The van der Waals surface area contributed by atoms with Crippen LogP contribution in [0.2, 0.25) is 0 Å². The van der Waals surface area contributed by atoms with E-state index >= 15 is 0 Å². The molecule has 1 amide bonds. The molecule has 2 aromatic carbocycles. The molecule has 2 aromatic rings. The highest BCUT2D eigenvalue weighted by molar-refractivity contribution is 9.10. The topological polar surface area (TPSA) is 29.1 Å². The molecule has 0 unspecified atom stereocenters. The van der Waals surface area contributed by atoms with Gasteiger partial charge in [0, 0.05) is 15.1 Å². The maximum Gasteiger partial charge on any atom is 0.446 e. The second-order valence-corrected chi connectivity index (χ2v) is 6.00. The van der Waals surface area contributed by atoms with Gasteiger partial charge in [-0.15, -0.1) is 0 Å². The quantitative estimate of drug-likeness (QED) is 0.736. The molecule has 0 aliphatic rings. The van der Waals surface area contributed by atoms with E-state index in [1.165, 1.54) is 24.3 Å². The fraction of sp³-hybridized carbons (Fsp3) is 0.0714. The Morgan fingerprint density at radius 1 is 1.05 bits per heavy atom. The van der Waals surface area contributed by atoms with Crippen molar-refractivity contribution in [1.29, 1.82) is 0 Å². The Kier molecular flexibility index (Phi) is 4.95. The van der Waals surface area contributed by atoms with Crippen LogP contribution >= 0.6 is 27.7 Å². The molecule has 0 aliphatic heterocycles. The number of nitrogens with one attached hydrogen (secondary N) is 1. The number of carbonyl (C=O) groups is 1. The predicted molar refractivity (Wildman–Crippen MR) is 80.4 cm³/mol. The second-order valence-electron chi connectivity index (χ2n) is 4.01. The third kappa shape index (κ3) is 4.78. The summed E-state index contributed by atoms with van der Waals surface area (Å²) in [6.45, 7) is 0. The summed E-state index contributed by atoms with van der Waals surface area (Å²) < 4.78 is 37.3. The number of halogens is 4. The van der Waals surface area contributed by atoms with Gasteiger partial charge >= 0.3 is 5.51 Å². The highest BCUT2D eigenvalue weighted by Crippen LogP contribution is 2.37. The lowest BCUT2D eigenvalue weighted by atomic mass is 10.2. The molecule has 2 nitrogen and oxygen atoms in total. The van der Waals surface area contributed by atoms with Gasteiger partial charge in [0.25, 0.3) is 5.91 Å². The van der Waals surface area contributed by atoms with Crippen LogP contribution in [0.4, 0.5) is 18.9 Å². The molecule has 7 heteroatoms. The molecule has 0 aliphatic carbocycles. The highest BCUT2D eigenvalue weighted by Gasteiger charge is 2.29. The van der Waals surface area contributed by atoms with E-state index < -0.39 is 5.51 Å². The van der Waals surface area contributed by atoms with Gasteiger partial charge in [-0.25, -0.2) is 0 Å². The molecule has 0 radical (unpaired) electrons. The lowest BCUT2D eigenvalue weighted by molar-refractivity contribution is -0.0328. The van der Waals surface area contributed by atoms with E-state index in [4.69, 9.17) is 0 Å². The van der Waals surface area contributed by atoms with Crippen molar-refractivity contribution in [3.05, 3.63) is 58.6 Å². The van der Waals surface area contributed by atoms with Crippen molar-refractivity contribution in [3.8, 4) is 0 Å². The number of hydrogen-bond donors (Lipinski definition) is 1. The first kappa shape index (κ1) is 15.9. The van der Waals surface area contributed by atoms with Crippen molar-refractivity contribution < 1.29 is 18.0 Å². The summed E-state index contributed by atoms with van der Waals surface area (Å²) in [6, 6.07) is 12.4. The second kappa shape index (κ2) is 6.53. The number of amides is 1. The number of carbonyl (C=O) groups excluding carboxylic acids is 1. The van der Waals surface area contributed by atoms with Crippen molar-refractivity contribution in [2.24, 2.45) is 0 Å². The zero-order valence-corrected chi connectivity index (χ0v) is 12.8. The van der Waals surface area contributed by atoms with E-state index in [2.05, 4.69) is 21.2 Å². The molecule has 0 fully saturated rings. The Morgan fingerprint density at radius 3 is 2.24 bits per heavy atom. The van der Waals surface area contributed by atoms with Gasteiger partial charge in [-0.05, 0) is 64.1 Å². The molecular formula is C14H9BrF3NOS. The smallest absolute Gasteiger partial charge is 0.322 e. The van der Waals surface area contributed by atoms with Gasteiger partial charge in [0.15, 0.2) is 0 Å². The number of rotatable bonds is 3. The largest absolute Gasteiger partial charge is 0.446 e. The summed E-state index contributed by atoms with van der Waals surface area (Å²) in [6.07, 6.45) is 0. The summed E-state index contributed by atoms with van der Waals surface area (Å²) in [5.41, 5.74) is -3.44. The SMILES string of the molecule is O=C(Nc1ccc(SC(F)(F)F)cc1)c1ccccc1Br. The maximum absolute atomic E-state index is 12.2. The lowest BCUT2D eigenvalue weighted by Gasteiger charge is -2.08. The van der Waals surface area contributed by atoms with Crippen LogP contribution in [0.5, 0.6) is 0 Å². The normalized spacial score (nSPS) is 11.2. The zero-order chi connectivity index (χ0) is 15.5. The Morgan fingerprint density at radius 2 is 1.67 bits per heavy atom. The molecule has 0 saturated heterocycles. The number of benzene rings is 2. The number of alkyl halides is 3. The van der Waals surface area contributed by atoms with E-state index in [0.29, 0.717) is 15.7 Å². The molecule has 110 valence electrons. The van der Waals surface area contributed by atoms with Crippen LogP contribution in [0.25, 0.3) is 0 Å². The molecule has 0 heterocycles. The minimum atomic E-state index is -4.32. The number of anilines is 1. The molecule has 0 spiro atoms. The fourth-order valence-corrected chi connectivity index (χ4v) is 2.59. The van der Waals surface area contributed by atoms with Crippen molar-refractivity contribution in [1.82, 2.24) is 0 Å². The van der Waals surface area contributed by atoms with Crippen LogP contribution in [0, 0.1) is 0 Å². The van der Waals surface area contributed by atoms with Gasteiger partial charge in [0.05, 0.1) is 5.56 Å². The molecule has 1 N–H and O–H groups in total. The molecular weight excluding hydrogens is 367 g/mol. The molecule has 0 atom stereocenters. The van der Waals surface area contributed by atoms with Crippen LogP contribution in [-0.2, 0) is 0 Å². The monoisotopic (exact) mass is 375 g/mol. The van der Waals surface area contributed by atoms with Crippen LogP contribution < -0.4 is 5.32 Å². The number of thioether (sulfide) groups is 1. The summed E-state index contributed by atoms with van der Waals surface area (Å²) in [7, 11) is 0. The molecule has 21 heavy (non-hydrogen) atoms. The van der Waals surface area contributed by atoms with Crippen molar-refractivity contribution >= 4 is 39.3 Å². The van der Waals surface area contributed by atoms with Crippen molar-refractivity contribution in [2.75, 3.05) is 5.32 Å². The Bertz CT molecular complexity index is 643. The Hall–Kier alpha value is -1.47. The van der Waals surface area contributed by atoms with Crippen molar-refractivity contribution in [2.45, 2.75) is 10.4 Å². The van der Waals surface area contributed by atoms with E-state index in [1.54, 1.807) is 24.3 Å². The predicted octanol–water partition coefficient (Wildman–Crippen LogP) is 5.31. The third-order valence-electron chi connectivity index (χ3n) is 2.46. The molecule has 0 aromatic heterocycles. The van der Waals surface area contributed by atoms with E-state index in [9.17, 15) is 18.0 Å². The molecule has 0 saturated carbocycles. The Balaban J connectivity index is 2.07. The van der Waals surface area contributed by atoms with Gasteiger partial charge in [-0.3, -0.25) is 4.79 Å². The van der Waals surface area contributed by atoms with Crippen LogP contribution in [0.3, 0.4) is 0 Å². The first-order chi connectivity index (χ1) is 9.85. The summed E-state index contributed by atoms with van der Waals surface area (Å²) >= 11 is 3.07. The van der Waals surface area contributed by atoms with Crippen LogP contribution in [0.1, 0.15) is 10.4 Å². The first-order valence-electron chi connectivity index (χ1n) is 5.77. The van der Waals surface area contributed by atoms with Crippen molar-refractivity contribution in [3.63, 3.8) is 0 Å². The van der Waals surface area contributed by atoms with Gasteiger partial charge in [0.1, 0.15) is 0 Å². The average Bonchev–Trinajstić information content (AvgIpc) is 2.40. The minimum absolute atomic E-state index is 0.0707. The summed E-state index contributed by atoms with van der Waals surface area (Å²) in [5.74, 6) is -0.335. The van der Waals surface area contributed by atoms with Crippen LogP contribution in [-0.4, -0.2) is 11.4 Å². The molecule has 2 rings (SSSR count). The summed E-state index contributed by atoms with van der Waals surface area (Å²) in [5, 5.41) is 2.63. The van der Waals surface area contributed by atoms with E-state index in [1.807, 2.05) is 0 Å². The van der Waals surface area contributed by atoms with Gasteiger partial charge in [-0.1, -0.05) is 12.1 Å². The standard InChI is InChI=1S/C14H9BrF3NOS/c15-12-4-2-1-3-11(12)13(20)19-9-5-7-10(8-6-9)21-14(16,17)18/h1-8H,(H,19,20). The summed E-state index contributed by atoms with van der Waals surface area (Å²) in [4.78, 5) is 12.1. The highest BCUT2D eigenvalue weighted by atomic mass is 79.9. The first-order valence-corrected chi connectivity index (χ1v) is 7.38. The number of hydrogen-bond acceptors (Lipinski definition) is 2. The average molecular weight is 376 g/mol. The maximum atomic E-state index is 12.2. The minimum Gasteiger partial charge on any atom is -0.322 e. The fourth-order valence-electron chi connectivity index (χ4n) is 1.58. The zero-order valence-electron chi connectivity index (χ0n) is 10.4. The lowest BCUT2D eigenvalue weighted by Crippen LogP contribution is -2.12. The van der Waals surface area contributed by atoms with Gasteiger partial charge in [-0.2, -0.15) is 13.2 Å². The van der Waals surface area contributed by atoms with Gasteiger partial charge in [0.2, 0.25) is 0 Å². The Labute approximate surface area is 131 Å². The van der Waals surface area contributed by atoms with Gasteiger partial charge < -0.3 is 5.32 Å². The van der Waals surface area contributed by atoms with E-state index in [0.717, 1.165) is 0 Å². The molecule has 0 bridgehead atoms. The van der Waals surface area contributed by atoms with E-state index in [-0.39, 0.29) is 22.6 Å². The van der Waals surface area contributed by atoms with Crippen LogP contribution in [0.15, 0.2) is 57.9 Å².